The van der Waals surface area contributed by atoms with Gasteiger partial charge in [-0.3, -0.25) is 4.99 Å². The first kappa shape index (κ1) is 19.1. The van der Waals surface area contributed by atoms with Gasteiger partial charge in [-0.25, -0.2) is 0 Å². The topological polar surface area (TPSA) is 21.6 Å². The van der Waals surface area contributed by atoms with Gasteiger partial charge in [-0.15, -0.1) is 0 Å². The molecule has 3 aromatic carbocycles. The van der Waals surface area contributed by atoms with Crippen molar-refractivity contribution in [1.29, 1.82) is 0 Å². The van der Waals surface area contributed by atoms with Gasteiger partial charge in [0.1, 0.15) is 5.76 Å². The molecule has 3 heteroatoms. The molecule has 0 bridgehead atoms. The average molecular weight is 414 g/mol. The summed E-state index contributed by atoms with van der Waals surface area (Å²) in [5, 5.41) is -1.08. The van der Waals surface area contributed by atoms with Crippen LogP contribution in [0, 0.1) is 12.3 Å². The minimum absolute atomic E-state index is 0.534. The molecule has 2 heterocycles. The van der Waals surface area contributed by atoms with Crippen molar-refractivity contribution in [1.82, 2.24) is 0 Å². The second-order valence-corrected chi connectivity index (χ2v) is 9.19. The highest BCUT2D eigenvalue weighted by Gasteiger charge is 2.70. The van der Waals surface area contributed by atoms with Crippen molar-refractivity contribution in [3.8, 4) is 0 Å². The molecule has 2 aliphatic heterocycles. The first-order valence-corrected chi connectivity index (χ1v) is 10.6. The van der Waals surface area contributed by atoms with Crippen molar-refractivity contribution in [2.24, 2.45) is 10.4 Å². The molecule has 0 saturated heterocycles. The molecule has 0 saturated carbocycles. The smallest absolute Gasteiger partial charge is 0.225 e. The predicted octanol–water partition coefficient (Wildman–Crippen LogP) is 6.73. The van der Waals surface area contributed by atoms with E-state index >= 15 is 0 Å². The van der Waals surface area contributed by atoms with Crippen LogP contribution in [0.3, 0.4) is 0 Å². The maximum atomic E-state index is 7.49. The number of aryl methyl sites for hydroxylation is 1. The zero-order chi connectivity index (χ0) is 21.0. The molecule has 30 heavy (non-hydrogen) atoms. The highest BCUT2D eigenvalue weighted by Crippen LogP contribution is 2.64. The highest BCUT2D eigenvalue weighted by atomic mass is 35.5. The van der Waals surface area contributed by atoms with E-state index in [0.717, 1.165) is 28.2 Å². The highest BCUT2D eigenvalue weighted by molar-refractivity contribution is 6.30. The van der Waals surface area contributed by atoms with Crippen LogP contribution in [0.4, 0.5) is 0 Å². The van der Waals surface area contributed by atoms with Crippen molar-refractivity contribution in [3.63, 3.8) is 0 Å². The van der Waals surface area contributed by atoms with Crippen molar-refractivity contribution in [3.05, 3.63) is 113 Å². The van der Waals surface area contributed by atoms with Gasteiger partial charge in [0.2, 0.25) is 5.06 Å². The van der Waals surface area contributed by atoms with Gasteiger partial charge in [0, 0.05) is 5.56 Å². The van der Waals surface area contributed by atoms with E-state index in [1.807, 2.05) is 48.5 Å². The average Bonchev–Trinajstić information content (AvgIpc) is 3.16. The predicted molar refractivity (Wildman–Crippen MR) is 124 cm³/mol. The van der Waals surface area contributed by atoms with Crippen LogP contribution in [0.15, 0.2) is 96.0 Å². The van der Waals surface area contributed by atoms with Gasteiger partial charge in [0.05, 0.1) is 11.1 Å². The molecule has 0 amide bonds. The van der Waals surface area contributed by atoms with Gasteiger partial charge >= 0.3 is 0 Å². The van der Waals surface area contributed by atoms with Crippen LogP contribution in [-0.2, 0) is 10.3 Å². The van der Waals surface area contributed by atoms with Crippen LogP contribution >= 0.6 is 11.6 Å². The van der Waals surface area contributed by atoms with E-state index in [-0.39, 0.29) is 0 Å². The molecule has 0 radical (unpaired) electrons. The molecule has 0 unspecified atom stereocenters. The summed E-state index contributed by atoms with van der Waals surface area (Å²) in [7, 11) is 0. The van der Waals surface area contributed by atoms with Crippen LogP contribution in [0.5, 0.6) is 0 Å². The Labute approximate surface area is 182 Å². The number of alkyl halides is 1. The van der Waals surface area contributed by atoms with Crippen LogP contribution < -0.4 is 0 Å². The Morgan fingerprint density at radius 2 is 1.33 bits per heavy atom. The second-order valence-electron chi connectivity index (χ2n) is 8.66. The zero-order valence-electron chi connectivity index (χ0n) is 17.4. The van der Waals surface area contributed by atoms with E-state index in [9.17, 15) is 0 Å². The molecule has 0 spiro atoms. The molecule has 2 nitrogen and oxygen atoms in total. The number of benzene rings is 3. The van der Waals surface area contributed by atoms with E-state index in [0.29, 0.717) is 0 Å². The largest absolute Gasteiger partial charge is 0.467 e. The molecular weight excluding hydrogens is 390 g/mol. The Morgan fingerprint density at radius 1 is 0.767 bits per heavy atom. The third kappa shape index (κ3) is 2.53. The Morgan fingerprint density at radius 3 is 1.93 bits per heavy atom. The Kier molecular flexibility index (Phi) is 4.20. The van der Waals surface area contributed by atoms with Crippen LogP contribution in [-0.4, -0.2) is 10.8 Å². The monoisotopic (exact) mass is 413 g/mol. The zero-order valence-corrected chi connectivity index (χ0v) is 18.1. The Balaban J connectivity index is 1.78. The van der Waals surface area contributed by atoms with Gasteiger partial charge in [0.25, 0.3) is 0 Å². The van der Waals surface area contributed by atoms with Crippen molar-refractivity contribution < 1.29 is 4.74 Å². The molecular formula is C27H24ClNO. The summed E-state index contributed by atoms with van der Waals surface area (Å²) >= 11 is 7.49. The van der Waals surface area contributed by atoms with E-state index in [1.54, 1.807) is 0 Å². The number of halogens is 1. The lowest BCUT2D eigenvalue weighted by Gasteiger charge is -2.41. The lowest BCUT2D eigenvalue weighted by atomic mass is 9.72. The van der Waals surface area contributed by atoms with E-state index in [2.05, 4.69) is 63.2 Å². The summed E-state index contributed by atoms with van der Waals surface area (Å²) in [6.07, 6.45) is 2.11. The third-order valence-electron chi connectivity index (χ3n) is 6.36. The molecule has 0 aromatic heterocycles. The van der Waals surface area contributed by atoms with E-state index in [1.165, 1.54) is 5.56 Å². The first-order valence-electron chi connectivity index (χ1n) is 10.3. The van der Waals surface area contributed by atoms with E-state index < -0.39 is 16.0 Å². The molecule has 2 atom stereocenters. The minimum Gasteiger partial charge on any atom is -0.467 e. The number of fused-ring (bicyclic) bond motifs is 1. The maximum absolute atomic E-state index is 7.49. The maximum Gasteiger partial charge on any atom is 0.225 e. The molecule has 5 rings (SSSR count). The van der Waals surface area contributed by atoms with Crippen molar-refractivity contribution in [2.45, 2.75) is 31.4 Å². The molecule has 150 valence electrons. The molecule has 0 N–H and O–H groups in total. The molecule has 0 aliphatic carbocycles. The third-order valence-corrected chi connectivity index (χ3v) is 7.20. The van der Waals surface area contributed by atoms with Gasteiger partial charge in [-0.2, -0.15) is 0 Å². The molecule has 0 fully saturated rings. The van der Waals surface area contributed by atoms with Crippen LogP contribution in [0.1, 0.15) is 36.1 Å². The van der Waals surface area contributed by atoms with Crippen molar-refractivity contribution >= 4 is 23.1 Å². The SMILES string of the molecule is Cc1ccc([C@]23C=C(c4ccccc4)O[C@@]2(Cl)C(C)(C)C(c2ccccc2)=N3)cc1. The summed E-state index contributed by atoms with van der Waals surface area (Å²) in [5.74, 6) is 0.773. The number of rotatable bonds is 3. The fraction of sp³-hybridized carbons (Fsp3) is 0.222. The number of aliphatic imine (C=N–C) groups is 1. The van der Waals surface area contributed by atoms with Gasteiger partial charge in [0.15, 0.2) is 5.54 Å². The molecule has 2 aliphatic rings. The van der Waals surface area contributed by atoms with Crippen LogP contribution in [0.2, 0.25) is 0 Å². The quantitative estimate of drug-likeness (QED) is 0.436. The summed E-state index contributed by atoms with van der Waals surface area (Å²) in [6.45, 7) is 6.34. The summed E-state index contributed by atoms with van der Waals surface area (Å²) in [4.78, 5) is 5.34. The lowest BCUT2D eigenvalue weighted by Crippen LogP contribution is -2.50. The molecule has 3 aromatic rings. The Hall–Kier alpha value is -2.84. The first-order chi connectivity index (χ1) is 14.4. The summed E-state index contributed by atoms with van der Waals surface area (Å²) in [6, 6.07) is 28.8. The number of ether oxygens (including phenoxy) is 1. The van der Waals surface area contributed by atoms with E-state index in [4.69, 9.17) is 21.3 Å². The van der Waals surface area contributed by atoms with Crippen molar-refractivity contribution in [2.75, 3.05) is 0 Å². The second kappa shape index (κ2) is 6.58. The number of hydrogen-bond donors (Lipinski definition) is 0. The standard InChI is InChI=1S/C27H24ClNO/c1-19-14-16-22(17-15-19)26-18-23(20-10-6-4-7-11-20)30-27(26,28)25(2,3)24(29-26)21-12-8-5-9-13-21/h4-18H,1-3H3/t26-,27+/m1/s1. The number of hydrogen-bond acceptors (Lipinski definition) is 2. The van der Waals surface area contributed by atoms with Gasteiger partial charge < -0.3 is 4.74 Å². The fourth-order valence-corrected chi connectivity index (χ4v) is 5.00. The lowest BCUT2D eigenvalue weighted by molar-refractivity contribution is 0.0329. The summed E-state index contributed by atoms with van der Waals surface area (Å²) in [5.41, 5.74) is 3.92. The normalized spacial score (nSPS) is 26.5. The van der Waals surface area contributed by atoms with Gasteiger partial charge in [-0.1, -0.05) is 102 Å². The summed E-state index contributed by atoms with van der Waals surface area (Å²) < 4.78 is 6.63. The fourth-order valence-electron chi connectivity index (χ4n) is 4.63. The van der Waals surface area contributed by atoms with Gasteiger partial charge in [-0.05, 0) is 38.0 Å². The number of nitrogens with zero attached hydrogens (tertiary/aromatic N) is 1. The Bertz CT molecular complexity index is 1150. The van der Waals surface area contributed by atoms with Crippen LogP contribution in [0.25, 0.3) is 5.76 Å². The minimum atomic E-state index is -1.08.